The van der Waals surface area contributed by atoms with Crippen LogP contribution in [0.2, 0.25) is 0 Å². The Balaban J connectivity index is 2.21. The Morgan fingerprint density at radius 3 is 2.36 bits per heavy atom. The standard InChI is InChI=1S/C19H36N2O/c1-5-7-8-9-10-11-18(22)21-20-17-14-12-16(13-15-17)19(3,4)6-2/h16H,5-15H2,1-4H3,(H,21,22). The van der Waals surface area contributed by atoms with E-state index in [9.17, 15) is 4.79 Å². The van der Waals surface area contributed by atoms with Crippen LogP contribution in [0.25, 0.3) is 0 Å². The van der Waals surface area contributed by atoms with Gasteiger partial charge in [0.1, 0.15) is 0 Å². The zero-order chi connectivity index (χ0) is 16.4. The molecule has 0 heterocycles. The van der Waals surface area contributed by atoms with Crippen LogP contribution in [0.1, 0.15) is 98.3 Å². The van der Waals surface area contributed by atoms with E-state index in [-0.39, 0.29) is 5.91 Å². The number of carbonyl (C=O) groups excluding carboxylic acids is 1. The molecule has 0 aromatic rings. The molecule has 0 saturated heterocycles. The highest BCUT2D eigenvalue weighted by Crippen LogP contribution is 2.39. The van der Waals surface area contributed by atoms with Gasteiger partial charge >= 0.3 is 0 Å². The minimum atomic E-state index is 0.0833. The summed E-state index contributed by atoms with van der Waals surface area (Å²) in [4.78, 5) is 11.8. The van der Waals surface area contributed by atoms with Gasteiger partial charge in [-0.3, -0.25) is 4.79 Å². The lowest BCUT2D eigenvalue weighted by atomic mass is 9.69. The molecule has 0 unspecified atom stereocenters. The van der Waals surface area contributed by atoms with Crippen LogP contribution in [0.4, 0.5) is 0 Å². The molecule has 128 valence electrons. The van der Waals surface area contributed by atoms with E-state index < -0.39 is 0 Å². The average molecular weight is 309 g/mol. The maximum absolute atomic E-state index is 11.8. The Hall–Kier alpha value is -0.860. The smallest absolute Gasteiger partial charge is 0.240 e. The number of rotatable bonds is 9. The van der Waals surface area contributed by atoms with Gasteiger partial charge < -0.3 is 0 Å². The summed E-state index contributed by atoms with van der Waals surface area (Å²) in [5, 5.41) is 4.36. The minimum Gasteiger partial charge on any atom is -0.273 e. The molecular formula is C19H36N2O. The van der Waals surface area contributed by atoms with Crippen molar-refractivity contribution in [2.75, 3.05) is 0 Å². The molecule has 3 nitrogen and oxygen atoms in total. The van der Waals surface area contributed by atoms with Crippen LogP contribution < -0.4 is 5.43 Å². The Morgan fingerprint density at radius 1 is 1.14 bits per heavy atom. The number of hydrazone groups is 1. The predicted octanol–water partition coefficient (Wildman–Crippen LogP) is 5.45. The third-order valence-corrected chi connectivity index (χ3v) is 5.43. The van der Waals surface area contributed by atoms with Crippen molar-refractivity contribution >= 4 is 11.6 Å². The van der Waals surface area contributed by atoms with E-state index in [1.807, 2.05) is 0 Å². The first kappa shape index (κ1) is 19.2. The molecule has 1 rings (SSSR count). The fourth-order valence-electron chi connectivity index (χ4n) is 3.22. The quantitative estimate of drug-likeness (QED) is 0.447. The summed E-state index contributed by atoms with van der Waals surface area (Å²) in [5.74, 6) is 0.880. The van der Waals surface area contributed by atoms with Crippen LogP contribution in [-0.4, -0.2) is 11.6 Å². The largest absolute Gasteiger partial charge is 0.273 e. The minimum absolute atomic E-state index is 0.0833. The summed E-state index contributed by atoms with van der Waals surface area (Å²) in [6.07, 6.45) is 12.3. The van der Waals surface area contributed by atoms with Crippen molar-refractivity contribution in [2.45, 2.75) is 98.3 Å². The molecule has 1 aliphatic rings. The highest BCUT2D eigenvalue weighted by molar-refractivity contribution is 5.86. The third kappa shape index (κ3) is 6.93. The topological polar surface area (TPSA) is 41.5 Å². The fourth-order valence-corrected chi connectivity index (χ4v) is 3.22. The first-order chi connectivity index (χ1) is 10.5. The van der Waals surface area contributed by atoms with Crippen molar-refractivity contribution in [1.29, 1.82) is 0 Å². The van der Waals surface area contributed by atoms with Crippen LogP contribution in [0.5, 0.6) is 0 Å². The highest BCUT2D eigenvalue weighted by atomic mass is 16.2. The van der Waals surface area contributed by atoms with Gasteiger partial charge in [0.25, 0.3) is 0 Å². The van der Waals surface area contributed by atoms with E-state index in [2.05, 4.69) is 38.2 Å². The predicted molar refractivity (Wildman–Crippen MR) is 95.0 cm³/mol. The van der Waals surface area contributed by atoms with Gasteiger partial charge in [-0.2, -0.15) is 5.10 Å². The molecule has 1 fully saturated rings. The molecular weight excluding hydrogens is 272 g/mol. The van der Waals surface area contributed by atoms with Gasteiger partial charge in [-0.15, -0.1) is 0 Å². The Kier molecular flexibility index (Phi) is 8.74. The number of hydrogen-bond donors (Lipinski definition) is 1. The molecule has 0 atom stereocenters. The van der Waals surface area contributed by atoms with Crippen molar-refractivity contribution in [3.8, 4) is 0 Å². The van der Waals surface area contributed by atoms with E-state index in [0.29, 0.717) is 11.8 Å². The summed E-state index contributed by atoms with van der Waals surface area (Å²) in [5.41, 5.74) is 4.38. The fraction of sp³-hybridized carbons (Fsp3) is 0.895. The highest BCUT2D eigenvalue weighted by Gasteiger charge is 2.30. The maximum Gasteiger partial charge on any atom is 0.240 e. The second kappa shape index (κ2) is 10.0. The van der Waals surface area contributed by atoms with Gasteiger partial charge in [0.15, 0.2) is 0 Å². The first-order valence-electron chi connectivity index (χ1n) is 9.33. The Morgan fingerprint density at radius 2 is 1.77 bits per heavy atom. The summed E-state index contributed by atoms with van der Waals surface area (Å²) < 4.78 is 0. The molecule has 0 aliphatic heterocycles. The molecule has 3 heteroatoms. The molecule has 1 aliphatic carbocycles. The number of carbonyl (C=O) groups is 1. The monoisotopic (exact) mass is 308 g/mol. The van der Waals surface area contributed by atoms with E-state index in [1.165, 1.54) is 44.2 Å². The van der Waals surface area contributed by atoms with Crippen molar-refractivity contribution in [3.63, 3.8) is 0 Å². The molecule has 0 bridgehead atoms. The second-order valence-electron chi connectivity index (χ2n) is 7.49. The number of amides is 1. The molecule has 1 amide bonds. The summed E-state index contributed by atoms with van der Waals surface area (Å²) in [6, 6.07) is 0. The van der Waals surface area contributed by atoms with Crippen molar-refractivity contribution in [1.82, 2.24) is 5.43 Å². The van der Waals surface area contributed by atoms with Crippen LogP contribution in [0.15, 0.2) is 5.10 Å². The average Bonchev–Trinajstić information content (AvgIpc) is 2.53. The molecule has 0 aromatic carbocycles. The SMILES string of the molecule is CCCCCCCC(=O)NN=C1CCC(C(C)(C)CC)CC1. The van der Waals surface area contributed by atoms with Crippen molar-refractivity contribution in [2.24, 2.45) is 16.4 Å². The Bertz CT molecular complexity index is 350. The second-order valence-corrected chi connectivity index (χ2v) is 7.49. The lowest BCUT2D eigenvalue weighted by Crippen LogP contribution is -2.29. The zero-order valence-electron chi connectivity index (χ0n) is 15.2. The normalized spacial score (nSPS) is 19.1. The number of nitrogens with zero attached hydrogens (tertiary/aromatic N) is 1. The van der Waals surface area contributed by atoms with Gasteiger partial charge in [0, 0.05) is 12.1 Å². The van der Waals surface area contributed by atoms with Gasteiger partial charge in [0.05, 0.1) is 0 Å². The molecule has 0 radical (unpaired) electrons. The number of hydrogen-bond acceptors (Lipinski definition) is 2. The van der Waals surface area contributed by atoms with E-state index >= 15 is 0 Å². The molecule has 22 heavy (non-hydrogen) atoms. The van der Waals surface area contributed by atoms with Crippen LogP contribution >= 0.6 is 0 Å². The molecule has 0 aromatic heterocycles. The summed E-state index contributed by atoms with van der Waals surface area (Å²) in [6.45, 7) is 9.24. The number of unbranched alkanes of at least 4 members (excludes halogenated alkanes) is 4. The molecule has 1 saturated carbocycles. The van der Waals surface area contributed by atoms with Crippen molar-refractivity contribution in [3.05, 3.63) is 0 Å². The number of nitrogens with one attached hydrogen (secondary N) is 1. The summed E-state index contributed by atoms with van der Waals surface area (Å²) in [7, 11) is 0. The van der Waals surface area contributed by atoms with Gasteiger partial charge in [-0.1, -0.05) is 59.8 Å². The van der Waals surface area contributed by atoms with Gasteiger partial charge in [-0.05, 0) is 43.4 Å². The first-order valence-corrected chi connectivity index (χ1v) is 9.33. The maximum atomic E-state index is 11.8. The lowest BCUT2D eigenvalue weighted by Gasteiger charge is -2.36. The van der Waals surface area contributed by atoms with E-state index in [0.717, 1.165) is 31.6 Å². The summed E-state index contributed by atoms with van der Waals surface area (Å²) >= 11 is 0. The third-order valence-electron chi connectivity index (χ3n) is 5.43. The van der Waals surface area contributed by atoms with E-state index in [1.54, 1.807) is 0 Å². The molecule has 0 spiro atoms. The van der Waals surface area contributed by atoms with Crippen LogP contribution in [-0.2, 0) is 4.79 Å². The van der Waals surface area contributed by atoms with Crippen molar-refractivity contribution < 1.29 is 4.79 Å². The van der Waals surface area contributed by atoms with Crippen LogP contribution in [0.3, 0.4) is 0 Å². The van der Waals surface area contributed by atoms with Crippen LogP contribution in [0, 0.1) is 11.3 Å². The van der Waals surface area contributed by atoms with E-state index in [4.69, 9.17) is 0 Å². The van der Waals surface area contributed by atoms with Gasteiger partial charge in [-0.25, -0.2) is 5.43 Å². The van der Waals surface area contributed by atoms with Gasteiger partial charge in [0.2, 0.25) is 5.91 Å². The Labute approximate surface area is 137 Å². The molecule has 1 N–H and O–H groups in total. The lowest BCUT2D eigenvalue weighted by molar-refractivity contribution is -0.121. The zero-order valence-corrected chi connectivity index (χ0v) is 15.2.